The lowest BCUT2D eigenvalue weighted by molar-refractivity contribution is -0.119. The van der Waals surface area contributed by atoms with Crippen molar-refractivity contribution in [2.75, 3.05) is 10.6 Å². The quantitative estimate of drug-likeness (QED) is 0.703. The molecule has 3 N–H and O–H groups in total. The molecule has 118 valence electrons. The summed E-state index contributed by atoms with van der Waals surface area (Å²) in [5.74, 6) is 0.0677. The van der Waals surface area contributed by atoms with Crippen LogP contribution in [0.4, 0.5) is 11.4 Å². The SMILES string of the molecule is CCC(C)C(=O)Nc1ccccc1NC=C(C#N)c1nn[nH]n1. The molecule has 1 heterocycles. The first kappa shape index (κ1) is 16.2. The number of H-pyrrole nitrogens is 1. The van der Waals surface area contributed by atoms with Crippen molar-refractivity contribution in [1.82, 2.24) is 20.6 Å². The summed E-state index contributed by atoms with van der Waals surface area (Å²) in [7, 11) is 0. The first-order chi connectivity index (χ1) is 11.2. The van der Waals surface area contributed by atoms with Gasteiger partial charge >= 0.3 is 0 Å². The van der Waals surface area contributed by atoms with Gasteiger partial charge in [-0.2, -0.15) is 10.5 Å². The molecule has 1 aromatic heterocycles. The summed E-state index contributed by atoms with van der Waals surface area (Å²) in [4.78, 5) is 12.0. The van der Waals surface area contributed by atoms with Crippen molar-refractivity contribution in [2.45, 2.75) is 20.3 Å². The van der Waals surface area contributed by atoms with Crippen molar-refractivity contribution >= 4 is 22.9 Å². The molecule has 0 saturated carbocycles. The largest absolute Gasteiger partial charge is 0.359 e. The van der Waals surface area contributed by atoms with E-state index in [2.05, 4.69) is 31.3 Å². The van der Waals surface area contributed by atoms with E-state index in [9.17, 15) is 4.79 Å². The second-order valence-electron chi connectivity index (χ2n) is 4.89. The maximum absolute atomic E-state index is 12.0. The molecule has 8 heteroatoms. The minimum Gasteiger partial charge on any atom is -0.359 e. The zero-order valence-electron chi connectivity index (χ0n) is 12.9. The van der Waals surface area contributed by atoms with Gasteiger partial charge in [0.05, 0.1) is 11.4 Å². The monoisotopic (exact) mass is 311 g/mol. The molecular weight excluding hydrogens is 294 g/mol. The normalized spacial score (nSPS) is 12.3. The molecule has 0 aliphatic rings. The molecule has 1 amide bonds. The molecule has 0 saturated heterocycles. The van der Waals surface area contributed by atoms with Gasteiger partial charge in [0.15, 0.2) is 0 Å². The van der Waals surface area contributed by atoms with Crippen molar-refractivity contribution in [3.63, 3.8) is 0 Å². The Morgan fingerprint density at radius 3 is 2.78 bits per heavy atom. The van der Waals surface area contributed by atoms with Gasteiger partial charge < -0.3 is 10.6 Å². The Hall–Kier alpha value is -3.21. The summed E-state index contributed by atoms with van der Waals surface area (Å²) >= 11 is 0. The minimum absolute atomic E-state index is 0.0515. The van der Waals surface area contributed by atoms with Crippen LogP contribution in [0.3, 0.4) is 0 Å². The number of para-hydroxylation sites is 2. The van der Waals surface area contributed by atoms with Crippen LogP contribution in [0, 0.1) is 17.2 Å². The van der Waals surface area contributed by atoms with Gasteiger partial charge in [0.1, 0.15) is 11.6 Å². The Kier molecular flexibility index (Phi) is 5.41. The number of carbonyl (C=O) groups is 1. The highest BCUT2D eigenvalue weighted by Crippen LogP contribution is 2.22. The predicted molar refractivity (Wildman–Crippen MR) is 85.9 cm³/mol. The summed E-state index contributed by atoms with van der Waals surface area (Å²) in [6, 6.07) is 9.23. The molecule has 1 atom stereocenters. The van der Waals surface area contributed by atoms with Crippen LogP contribution >= 0.6 is 0 Å². The summed E-state index contributed by atoms with van der Waals surface area (Å²) in [6.45, 7) is 3.83. The Morgan fingerprint density at radius 1 is 1.43 bits per heavy atom. The number of benzene rings is 1. The van der Waals surface area contributed by atoms with Crippen molar-refractivity contribution in [3.05, 3.63) is 36.3 Å². The second kappa shape index (κ2) is 7.70. The average molecular weight is 311 g/mol. The van der Waals surface area contributed by atoms with Gasteiger partial charge in [-0.15, -0.1) is 10.2 Å². The molecule has 0 spiro atoms. The molecule has 2 rings (SSSR count). The molecule has 23 heavy (non-hydrogen) atoms. The van der Waals surface area contributed by atoms with Crippen molar-refractivity contribution < 1.29 is 4.79 Å². The Labute approximate surface area is 133 Å². The van der Waals surface area contributed by atoms with E-state index < -0.39 is 0 Å². The summed E-state index contributed by atoms with van der Waals surface area (Å²) in [6.07, 6.45) is 2.23. The topological polar surface area (TPSA) is 119 Å². The molecule has 0 aliphatic carbocycles. The molecule has 0 bridgehead atoms. The Bertz CT molecular complexity index is 731. The van der Waals surface area contributed by atoms with Crippen LogP contribution < -0.4 is 10.6 Å². The van der Waals surface area contributed by atoms with E-state index >= 15 is 0 Å². The first-order valence-corrected chi connectivity index (χ1v) is 7.16. The van der Waals surface area contributed by atoms with Crippen LogP contribution in [-0.2, 0) is 4.79 Å². The van der Waals surface area contributed by atoms with Gasteiger partial charge in [0, 0.05) is 12.1 Å². The van der Waals surface area contributed by atoms with Crippen LogP contribution in [-0.4, -0.2) is 26.5 Å². The molecule has 0 radical (unpaired) electrons. The molecular formula is C15H17N7O. The van der Waals surface area contributed by atoms with Gasteiger partial charge in [-0.1, -0.05) is 26.0 Å². The van der Waals surface area contributed by atoms with Crippen molar-refractivity contribution in [3.8, 4) is 6.07 Å². The molecule has 2 aromatic rings. The average Bonchev–Trinajstić information content (AvgIpc) is 3.10. The summed E-state index contributed by atoms with van der Waals surface area (Å²) < 4.78 is 0. The smallest absolute Gasteiger partial charge is 0.227 e. The lowest BCUT2D eigenvalue weighted by atomic mass is 10.1. The third-order valence-electron chi connectivity index (χ3n) is 3.32. The highest BCUT2D eigenvalue weighted by molar-refractivity contribution is 5.95. The molecule has 8 nitrogen and oxygen atoms in total. The van der Waals surface area contributed by atoms with E-state index in [1.807, 2.05) is 32.0 Å². The molecule has 0 fully saturated rings. The number of anilines is 2. The lowest BCUT2D eigenvalue weighted by Crippen LogP contribution is -2.20. The predicted octanol–water partition coefficient (Wildman–Crippen LogP) is 2.16. The number of nitrogens with one attached hydrogen (secondary N) is 3. The van der Waals surface area contributed by atoms with Crippen LogP contribution in [0.25, 0.3) is 5.57 Å². The van der Waals surface area contributed by atoms with Gasteiger partial charge in [0.2, 0.25) is 11.7 Å². The fourth-order valence-corrected chi connectivity index (χ4v) is 1.73. The first-order valence-electron chi connectivity index (χ1n) is 7.16. The van der Waals surface area contributed by atoms with Crippen LogP contribution in [0.1, 0.15) is 26.1 Å². The fourth-order valence-electron chi connectivity index (χ4n) is 1.73. The van der Waals surface area contributed by atoms with E-state index in [0.29, 0.717) is 11.4 Å². The number of rotatable bonds is 6. The van der Waals surface area contributed by atoms with Crippen LogP contribution in [0.5, 0.6) is 0 Å². The number of amides is 1. The van der Waals surface area contributed by atoms with Crippen LogP contribution in [0.2, 0.25) is 0 Å². The maximum atomic E-state index is 12.0. The molecule has 1 unspecified atom stereocenters. The van der Waals surface area contributed by atoms with E-state index in [1.54, 1.807) is 12.1 Å². The van der Waals surface area contributed by atoms with Gasteiger partial charge in [-0.05, 0) is 23.8 Å². The number of aromatic amines is 1. The number of nitriles is 1. The molecule has 0 aliphatic heterocycles. The van der Waals surface area contributed by atoms with Gasteiger partial charge in [0.25, 0.3) is 0 Å². The van der Waals surface area contributed by atoms with E-state index in [1.165, 1.54) is 6.20 Å². The highest BCUT2D eigenvalue weighted by Gasteiger charge is 2.12. The standard InChI is InChI=1S/C15H17N7O/c1-3-10(2)15(23)18-13-7-5-4-6-12(13)17-9-11(8-16)14-19-21-22-20-14/h4-7,9-10,17H,3H2,1-2H3,(H,18,23)(H,19,20,21,22). The van der Waals surface area contributed by atoms with E-state index in [0.717, 1.165) is 6.42 Å². The number of tetrazole rings is 1. The van der Waals surface area contributed by atoms with Crippen molar-refractivity contribution in [1.29, 1.82) is 5.26 Å². The number of hydrogen-bond acceptors (Lipinski definition) is 6. The second-order valence-corrected chi connectivity index (χ2v) is 4.89. The van der Waals surface area contributed by atoms with E-state index in [4.69, 9.17) is 5.26 Å². The Morgan fingerprint density at radius 2 is 2.17 bits per heavy atom. The molecule has 1 aromatic carbocycles. The highest BCUT2D eigenvalue weighted by atomic mass is 16.1. The summed E-state index contributed by atoms with van der Waals surface area (Å²) in [5, 5.41) is 28.2. The fraction of sp³-hybridized carbons (Fsp3) is 0.267. The van der Waals surface area contributed by atoms with Crippen molar-refractivity contribution in [2.24, 2.45) is 5.92 Å². The number of nitrogens with zero attached hydrogens (tertiary/aromatic N) is 4. The third-order valence-corrected chi connectivity index (χ3v) is 3.32. The van der Waals surface area contributed by atoms with E-state index in [-0.39, 0.29) is 23.2 Å². The zero-order chi connectivity index (χ0) is 16.7. The number of hydrogen-bond donors (Lipinski definition) is 3. The number of allylic oxidation sites excluding steroid dienone is 1. The number of aromatic nitrogens is 4. The Balaban J connectivity index is 2.18. The third kappa shape index (κ3) is 4.14. The van der Waals surface area contributed by atoms with Gasteiger partial charge in [-0.3, -0.25) is 4.79 Å². The van der Waals surface area contributed by atoms with Crippen LogP contribution in [0.15, 0.2) is 30.5 Å². The summed E-state index contributed by atoms with van der Waals surface area (Å²) in [5.41, 5.74) is 1.53. The van der Waals surface area contributed by atoms with Gasteiger partial charge in [-0.25, -0.2) is 0 Å². The maximum Gasteiger partial charge on any atom is 0.227 e. The number of carbonyl (C=O) groups excluding carboxylic acids is 1. The minimum atomic E-state index is -0.0763. The zero-order valence-corrected chi connectivity index (χ0v) is 12.9. The lowest BCUT2D eigenvalue weighted by Gasteiger charge is -2.13.